The minimum absolute atomic E-state index is 0.250. The average molecular weight is 455 g/mol. The van der Waals surface area contributed by atoms with E-state index in [0.29, 0.717) is 16.9 Å². The van der Waals surface area contributed by atoms with Crippen molar-refractivity contribution < 1.29 is 13.9 Å². The van der Waals surface area contributed by atoms with Crippen LogP contribution < -0.4 is 10.5 Å². The van der Waals surface area contributed by atoms with Gasteiger partial charge in [-0.3, -0.25) is 9.78 Å². The van der Waals surface area contributed by atoms with E-state index in [0.717, 1.165) is 11.5 Å². The highest BCUT2D eigenvalue weighted by atomic mass is 32.2. The van der Waals surface area contributed by atoms with Gasteiger partial charge in [0.15, 0.2) is 0 Å². The van der Waals surface area contributed by atoms with Crippen LogP contribution in [-0.4, -0.2) is 16.6 Å². The van der Waals surface area contributed by atoms with E-state index in [1.54, 1.807) is 12.1 Å². The average Bonchev–Trinajstić information content (AvgIpc) is 3.30. The number of ether oxygens (including phenoxy) is 1. The Morgan fingerprint density at radius 3 is 2.50 bits per heavy atom. The highest BCUT2D eigenvalue weighted by Gasteiger charge is 2.26. The zero-order valence-electron chi connectivity index (χ0n) is 18.6. The lowest BCUT2D eigenvalue weighted by Crippen LogP contribution is -1.98. The molecule has 1 amide bonds. The number of carbonyl (C=O) groups excluding carboxylic acids is 1. The number of halogens is 1. The maximum Gasteiger partial charge on any atom is 0.204 e. The summed E-state index contributed by atoms with van der Waals surface area (Å²) in [7, 11) is 0. The summed E-state index contributed by atoms with van der Waals surface area (Å²) in [5, 5.41) is 0.707. The molecule has 6 heteroatoms. The lowest BCUT2D eigenvalue weighted by atomic mass is 10.00. The number of hydrogen-bond donors (Lipinski definition) is 1. The Bertz CT molecular complexity index is 923. The standard InChI is InChI=1S/C23H22FNOS.C2H6.CH3NO/c24-20-4-1-5-22(14-20)26-21-9-6-17(7-10-21)16-27-23-11-8-18(13-23)19-3-2-12-25-15-19;1-2;2-1-3/h1-7,9-10,12,14-15,18,23H,8,11,13,16H2;1-2H3;1H,(H2,2,3). The van der Waals surface area contributed by atoms with E-state index in [2.05, 4.69) is 28.9 Å². The van der Waals surface area contributed by atoms with Crippen LogP contribution in [0.15, 0.2) is 73.1 Å². The van der Waals surface area contributed by atoms with Gasteiger partial charge in [-0.05, 0) is 66.6 Å². The van der Waals surface area contributed by atoms with E-state index in [-0.39, 0.29) is 12.2 Å². The van der Waals surface area contributed by atoms with Gasteiger partial charge in [0, 0.05) is 29.5 Å². The molecule has 4 rings (SSSR count). The SMILES string of the molecule is CC.Fc1cccc(Oc2ccc(CSC3CCC(c4cccnc4)C3)cc2)c1.NC=O. The van der Waals surface area contributed by atoms with Gasteiger partial charge < -0.3 is 10.5 Å². The van der Waals surface area contributed by atoms with Gasteiger partial charge >= 0.3 is 0 Å². The van der Waals surface area contributed by atoms with Gasteiger partial charge in [-0.1, -0.05) is 38.1 Å². The first-order chi connectivity index (χ1) is 15.7. The second-order valence-electron chi connectivity index (χ2n) is 7.07. The van der Waals surface area contributed by atoms with Crippen molar-refractivity contribution in [1.29, 1.82) is 0 Å². The number of pyridine rings is 1. The molecule has 0 radical (unpaired) electrons. The number of carbonyl (C=O) groups is 1. The molecule has 3 aromatic rings. The molecule has 1 saturated carbocycles. The fourth-order valence-electron chi connectivity index (χ4n) is 3.55. The molecule has 4 nitrogen and oxygen atoms in total. The molecule has 170 valence electrons. The minimum Gasteiger partial charge on any atom is -0.457 e. The van der Waals surface area contributed by atoms with Crippen LogP contribution in [0.1, 0.15) is 50.2 Å². The Morgan fingerprint density at radius 2 is 1.84 bits per heavy atom. The Balaban J connectivity index is 0.000000671. The highest BCUT2D eigenvalue weighted by Crippen LogP contribution is 2.40. The van der Waals surface area contributed by atoms with Crippen molar-refractivity contribution in [3.05, 3.63) is 90.0 Å². The number of benzene rings is 2. The number of amides is 1. The van der Waals surface area contributed by atoms with Crippen LogP contribution in [0, 0.1) is 5.82 Å². The van der Waals surface area contributed by atoms with Crippen molar-refractivity contribution in [2.24, 2.45) is 5.73 Å². The largest absolute Gasteiger partial charge is 0.457 e. The molecule has 2 atom stereocenters. The van der Waals surface area contributed by atoms with E-state index < -0.39 is 0 Å². The van der Waals surface area contributed by atoms with Crippen molar-refractivity contribution in [3.63, 3.8) is 0 Å². The monoisotopic (exact) mass is 454 g/mol. The molecular weight excluding hydrogens is 423 g/mol. The summed E-state index contributed by atoms with van der Waals surface area (Å²) in [5.74, 6) is 2.61. The van der Waals surface area contributed by atoms with Crippen molar-refractivity contribution in [2.75, 3.05) is 0 Å². The summed E-state index contributed by atoms with van der Waals surface area (Å²) >= 11 is 2.04. The van der Waals surface area contributed by atoms with Gasteiger partial charge in [0.2, 0.25) is 6.41 Å². The summed E-state index contributed by atoms with van der Waals surface area (Å²) in [5.41, 5.74) is 6.83. The summed E-state index contributed by atoms with van der Waals surface area (Å²) in [4.78, 5) is 12.8. The molecule has 1 heterocycles. The summed E-state index contributed by atoms with van der Waals surface area (Å²) in [6.07, 6.45) is 7.85. The van der Waals surface area contributed by atoms with Gasteiger partial charge in [-0.25, -0.2) is 4.39 Å². The second-order valence-corrected chi connectivity index (χ2v) is 8.36. The fourth-order valence-corrected chi connectivity index (χ4v) is 4.84. The summed E-state index contributed by atoms with van der Waals surface area (Å²) < 4.78 is 18.9. The van der Waals surface area contributed by atoms with Gasteiger partial charge in [-0.15, -0.1) is 0 Å². The predicted octanol–water partition coefficient (Wildman–Crippen LogP) is 6.71. The third-order valence-electron chi connectivity index (χ3n) is 4.98. The minimum atomic E-state index is -0.290. The zero-order chi connectivity index (χ0) is 23.2. The molecule has 1 fully saturated rings. The molecule has 32 heavy (non-hydrogen) atoms. The van der Waals surface area contributed by atoms with Crippen molar-refractivity contribution in [1.82, 2.24) is 4.98 Å². The zero-order valence-corrected chi connectivity index (χ0v) is 19.4. The van der Waals surface area contributed by atoms with E-state index in [4.69, 9.17) is 9.53 Å². The number of rotatable bonds is 6. The maximum absolute atomic E-state index is 13.2. The van der Waals surface area contributed by atoms with Crippen LogP contribution in [0.3, 0.4) is 0 Å². The molecule has 1 aliphatic carbocycles. The van der Waals surface area contributed by atoms with Crippen molar-refractivity contribution in [2.45, 2.75) is 50.0 Å². The van der Waals surface area contributed by atoms with E-state index in [1.807, 2.05) is 56.2 Å². The van der Waals surface area contributed by atoms with Gasteiger partial charge in [0.25, 0.3) is 0 Å². The lowest BCUT2D eigenvalue weighted by molar-refractivity contribution is -0.106. The Kier molecular flexibility index (Phi) is 11.3. The number of primary amides is 1. The summed E-state index contributed by atoms with van der Waals surface area (Å²) in [6.45, 7) is 4.00. The second kappa shape index (κ2) is 14.2. The van der Waals surface area contributed by atoms with Crippen molar-refractivity contribution in [3.8, 4) is 11.5 Å². The molecule has 0 aliphatic heterocycles. The lowest BCUT2D eigenvalue weighted by Gasteiger charge is -2.12. The van der Waals surface area contributed by atoms with Crippen LogP contribution in [0.25, 0.3) is 0 Å². The third kappa shape index (κ3) is 8.35. The molecular formula is C26H31FN2O2S. The molecule has 2 aromatic carbocycles. The smallest absolute Gasteiger partial charge is 0.204 e. The van der Waals surface area contributed by atoms with Gasteiger partial charge in [0.05, 0.1) is 0 Å². The third-order valence-corrected chi connectivity index (χ3v) is 6.38. The van der Waals surface area contributed by atoms with E-state index in [1.165, 1.54) is 42.5 Å². The highest BCUT2D eigenvalue weighted by molar-refractivity contribution is 7.99. The van der Waals surface area contributed by atoms with Gasteiger partial charge in [0.1, 0.15) is 17.3 Å². The normalized spacial score (nSPS) is 16.7. The molecule has 2 unspecified atom stereocenters. The number of thioether (sulfide) groups is 1. The van der Waals surface area contributed by atoms with E-state index in [9.17, 15) is 4.39 Å². The fraction of sp³-hybridized carbons (Fsp3) is 0.308. The van der Waals surface area contributed by atoms with Gasteiger partial charge in [-0.2, -0.15) is 11.8 Å². The van der Waals surface area contributed by atoms with Crippen LogP contribution >= 0.6 is 11.8 Å². The Morgan fingerprint density at radius 1 is 1.09 bits per heavy atom. The number of nitrogens with zero attached hydrogens (tertiary/aromatic N) is 1. The first kappa shape index (κ1) is 25.4. The molecule has 0 saturated heterocycles. The first-order valence-electron chi connectivity index (χ1n) is 10.9. The molecule has 0 bridgehead atoms. The summed E-state index contributed by atoms with van der Waals surface area (Å²) in [6, 6.07) is 18.5. The molecule has 0 spiro atoms. The number of nitrogens with two attached hydrogens (primary N) is 1. The molecule has 1 aromatic heterocycles. The topological polar surface area (TPSA) is 65.2 Å². The Labute approximate surface area is 194 Å². The number of aromatic nitrogens is 1. The van der Waals surface area contributed by atoms with E-state index >= 15 is 0 Å². The molecule has 2 N–H and O–H groups in total. The van der Waals surface area contributed by atoms with Crippen LogP contribution in [0.5, 0.6) is 11.5 Å². The molecule has 1 aliphatic rings. The Hall–Kier alpha value is -2.86. The quantitative estimate of drug-likeness (QED) is 0.420. The van der Waals surface area contributed by atoms with Crippen LogP contribution in [0.2, 0.25) is 0 Å². The van der Waals surface area contributed by atoms with Crippen LogP contribution in [0.4, 0.5) is 4.39 Å². The van der Waals surface area contributed by atoms with Crippen LogP contribution in [-0.2, 0) is 10.5 Å². The van der Waals surface area contributed by atoms with Crippen molar-refractivity contribution >= 4 is 18.2 Å². The first-order valence-corrected chi connectivity index (χ1v) is 11.9. The predicted molar refractivity (Wildman–Crippen MR) is 130 cm³/mol. The maximum atomic E-state index is 13.2. The number of hydrogen-bond acceptors (Lipinski definition) is 4.